The van der Waals surface area contributed by atoms with Crippen molar-refractivity contribution in [1.29, 1.82) is 0 Å². The molecule has 0 radical (unpaired) electrons. The molecule has 8 nitrogen and oxygen atoms in total. The molecular formula is C25H27N3O5. The highest BCUT2D eigenvalue weighted by Gasteiger charge is 2.29. The van der Waals surface area contributed by atoms with Gasteiger partial charge in [-0.1, -0.05) is 6.07 Å². The number of aromatic amines is 1. The van der Waals surface area contributed by atoms with Gasteiger partial charge in [0.2, 0.25) is 0 Å². The molecule has 2 heterocycles. The molecule has 0 unspecified atom stereocenters. The van der Waals surface area contributed by atoms with Crippen molar-refractivity contribution in [2.24, 2.45) is 0 Å². The second-order valence-corrected chi connectivity index (χ2v) is 8.19. The molecule has 1 amide bonds. The Kier molecular flexibility index (Phi) is 5.58. The van der Waals surface area contributed by atoms with E-state index in [1.807, 2.05) is 30.3 Å². The number of nitrogens with zero attached hydrogens (tertiary/aromatic N) is 2. The molecule has 0 bridgehead atoms. The van der Waals surface area contributed by atoms with Crippen molar-refractivity contribution in [2.75, 3.05) is 34.5 Å². The minimum atomic E-state index is -0.0682. The maximum absolute atomic E-state index is 13.4. The van der Waals surface area contributed by atoms with Gasteiger partial charge in [0.1, 0.15) is 6.61 Å². The second-order valence-electron chi connectivity index (χ2n) is 8.19. The van der Waals surface area contributed by atoms with Crippen LogP contribution < -0.4 is 18.9 Å². The molecule has 1 aliphatic heterocycles. The number of aryl methyl sites for hydroxylation is 1. The number of amides is 1. The molecule has 1 aromatic heterocycles. The number of hydrogen-bond donors (Lipinski definition) is 1. The van der Waals surface area contributed by atoms with Crippen LogP contribution in [0.4, 0.5) is 0 Å². The molecule has 5 rings (SSSR count). The summed E-state index contributed by atoms with van der Waals surface area (Å²) in [6, 6.07) is 9.75. The second kappa shape index (κ2) is 8.69. The first kappa shape index (κ1) is 21.2. The molecule has 0 fully saturated rings. The number of carbonyl (C=O) groups is 1. The van der Waals surface area contributed by atoms with E-state index in [1.165, 1.54) is 0 Å². The van der Waals surface area contributed by atoms with Crippen LogP contribution in [0.5, 0.6) is 23.0 Å². The zero-order valence-electron chi connectivity index (χ0n) is 19.1. The van der Waals surface area contributed by atoms with Crippen molar-refractivity contribution >= 4 is 5.91 Å². The smallest absolute Gasteiger partial charge is 0.275 e. The van der Waals surface area contributed by atoms with Crippen molar-refractivity contribution in [3.63, 3.8) is 0 Å². The topological polar surface area (TPSA) is 85.9 Å². The summed E-state index contributed by atoms with van der Waals surface area (Å²) in [7, 11) is 4.85. The molecule has 0 saturated carbocycles. The van der Waals surface area contributed by atoms with Gasteiger partial charge in [-0.05, 0) is 54.7 Å². The van der Waals surface area contributed by atoms with Gasteiger partial charge in [-0.15, -0.1) is 0 Å². The number of methoxy groups -OCH3 is 3. The summed E-state index contributed by atoms with van der Waals surface area (Å²) < 4.78 is 22.5. The fourth-order valence-electron chi connectivity index (χ4n) is 4.64. The summed E-state index contributed by atoms with van der Waals surface area (Å²) in [5.41, 5.74) is 5.45. The lowest BCUT2D eigenvalue weighted by Crippen LogP contribution is -2.33. The van der Waals surface area contributed by atoms with Crippen LogP contribution >= 0.6 is 0 Å². The number of ether oxygens (including phenoxy) is 4. The fourth-order valence-corrected chi connectivity index (χ4v) is 4.64. The minimum absolute atomic E-state index is 0.0682. The molecule has 8 heteroatoms. The van der Waals surface area contributed by atoms with Gasteiger partial charge in [0.15, 0.2) is 28.7 Å². The number of nitrogens with one attached hydrogen (secondary N) is 1. The highest BCUT2D eigenvalue weighted by Crippen LogP contribution is 2.40. The van der Waals surface area contributed by atoms with Gasteiger partial charge in [0, 0.05) is 23.4 Å². The molecule has 0 atom stereocenters. The van der Waals surface area contributed by atoms with E-state index >= 15 is 0 Å². The lowest BCUT2D eigenvalue weighted by Gasteiger charge is -2.20. The highest BCUT2D eigenvalue weighted by atomic mass is 16.5. The molecule has 33 heavy (non-hydrogen) atoms. The number of hydrogen-bond acceptors (Lipinski definition) is 6. The van der Waals surface area contributed by atoms with Crippen LogP contribution in [0.1, 0.15) is 33.7 Å². The summed E-state index contributed by atoms with van der Waals surface area (Å²) >= 11 is 0. The van der Waals surface area contributed by atoms with Gasteiger partial charge in [-0.3, -0.25) is 9.89 Å². The normalized spacial score (nSPS) is 14.7. The third-order valence-electron chi connectivity index (χ3n) is 6.33. The number of aromatic nitrogens is 2. The number of rotatable bonds is 5. The summed E-state index contributed by atoms with van der Waals surface area (Å²) in [5, 5.41) is 7.37. The van der Waals surface area contributed by atoms with Gasteiger partial charge in [0.05, 0.1) is 27.9 Å². The lowest BCUT2D eigenvalue weighted by atomic mass is 10.0. The summed E-state index contributed by atoms with van der Waals surface area (Å²) in [4.78, 5) is 15.2. The molecule has 172 valence electrons. The maximum atomic E-state index is 13.4. The Morgan fingerprint density at radius 2 is 1.79 bits per heavy atom. The molecular weight excluding hydrogens is 422 g/mol. The SMILES string of the molecule is COc1ccc(-c2cc3c(c(OC)c2)OCCN(C(=O)c2n[nH]c4c2CCC4)C3)cc1OC. The molecule has 1 aliphatic carbocycles. The van der Waals surface area contributed by atoms with E-state index < -0.39 is 0 Å². The monoisotopic (exact) mass is 449 g/mol. The fraction of sp³-hybridized carbons (Fsp3) is 0.360. The van der Waals surface area contributed by atoms with E-state index in [1.54, 1.807) is 26.2 Å². The third-order valence-corrected chi connectivity index (χ3v) is 6.33. The van der Waals surface area contributed by atoms with Crippen LogP contribution in [0.3, 0.4) is 0 Å². The van der Waals surface area contributed by atoms with Crippen LogP contribution in [-0.4, -0.2) is 55.5 Å². The molecule has 2 aromatic carbocycles. The van der Waals surface area contributed by atoms with Crippen LogP contribution in [0.2, 0.25) is 0 Å². The first-order valence-corrected chi connectivity index (χ1v) is 11.0. The Hall–Kier alpha value is -3.68. The minimum Gasteiger partial charge on any atom is -0.493 e. The van der Waals surface area contributed by atoms with Gasteiger partial charge >= 0.3 is 0 Å². The third kappa shape index (κ3) is 3.75. The van der Waals surface area contributed by atoms with E-state index in [9.17, 15) is 4.79 Å². The first-order chi connectivity index (χ1) is 16.1. The summed E-state index contributed by atoms with van der Waals surface area (Å²) in [6.07, 6.45) is 2.90. The Labute approximate surface area is 192 Å². The van der Waals surface area contributed by atoms with E-state index in [0.29, 0.717) is 48.4 Å². The number of benzene rings is 2. The number of carbonyl (C=O) groups excluding carboxylic acids is 1. The first-order valence-electron chi connectivity index (χ1n) is 11.0. The Morgan fingerprint density at radius 3 is 2.58 bits per heavy atom. The van der Waals surface area contributed by atoms with E-state index in [-0.39, 0.29) is 5.91 Å². The lowest BCUT2D eigenvalue weighted by molar-refractivity contribution is 0.0726. The van der Waals surface area contributed by atoms with E-state index in [0.717, 1.165) is 47.2 Å². The van der Waals surface area contributed by atoms with Crippen LogP contribution in [0.15, 0.2) is 30.3 Å². The van der Waals surface area contributed by atoms with Gasteiger partial charge in [0.25, 0.3) is 5.91 Å². The van der Waals surface area contributed by atoms with Crippen LogP contribution in [-0.2, 0) is 19.4 Å². The summed E-state index contributed by atoms with van der Waals surface area (Å²) in [5.74, 6) is 2.54. The highest BCUT2D eigenvalue weighted by molar-refractivity contribution is 5.94. The maximum Gasteiger partial charge on any atom is 0.275 e. The zero-order valence-corrected chi connectivity index (χ0v) is 19.1. The van der Waals surface area contributed by atoms with Gasteiger partial charge in [-0.25, -0.2) is 0 Å². The molecule has 0 spiro atoms. The molecule has 0 saturated heterocycles. The number of fused-ring (bicyclic) bond motifs is 2. The van der Waals surface area contributed by atoms with Crippen molar-refractivity contribution in [3.8, 4) is 34.1 Å². The van der Waals surface area contributed by atoms with Crippen molar-refractivity contribution < 1.29 is 23.7 Å². The Morgan fingerprint density at radius 1 is 1.00 bits per heavy atom. The standard InChI is InChI=1S/C25H27N3O5/c1-30-20-8-7-15(12-21(20)31-2)16-11-17-14-28(9-10-33-24(17)22(13-16)32-3)25(29)23-18-5-4-6-19(18)26-27-23/h7-8,11-13H,4-6,9-10,14H2,1-3H3,(H,26,27). The predicted octanol–water partition coefficient (Wildman–Crippen LogP) is 3.63. The molecule has 1 N–H and O–H groups in total. The Bertz CT molecular complexity index is 1200. The van der Waals surface area contributed by atoms with Crippen molar-refractivity contribution in [2.45, 2.75) is 25.8 Å². The van der Waals surface area contributed by atoms with Gasteiger partial charge in [-0.2, -0.15) is 5.10 Å². The largest absolute Gasteiger partial charge is 0.493 e. The summed E-state index contributed by atoms with van der Waals surface area (Å²) in [6.45, 7) is 1.27. The van der Waals surface area contributed by atoms with Gasteiger partial charge < -0.3 is 23.8 Å². The van der Waals surface area contributed by atoms with Crippen molar-refractivity contribution in [3.05, 3.63) is 52.8 Å². The molecule has 3 aromatic rings. The Balaban J connectivity index is 1.51. The molecule has 2 aliphatic rings. The van der Waals surface area contributed by atoms with E-state index in [2.05, 4.69) is 10.2 Å². The number of H-pyrrole nitrogens is 1. The van der Waals surface area contributed by atoms with Crippen molar-refractivity contribution in [1.82, 2.24) is 15.1 Å². The average molecular weight is 450 g/mol. The van der Waals surface area contributed by atoms with Crippen LogP contribution in [0.25, 0.3) is 11.1 Å². The van der Waals surface area contributed by atoms with E-state index in [4.69, 9.17) is 18.9 Å². The average Bonchev–Trinajstić information content (AvgIpc) is 3.40. The quantitative estimate of drug-likeness (QED) is 0.640. The zero-order chi connectivity index (χ0) is 22.9. The van der Waals surface area contributed by atoms with Crippen LogP contribution in [0, 0.1) is 0 Å². The predicted molar refractivity (Wildman–Crippen MR) is 122 cm³/mol.